The van der Waals surface area contributed by atoms with Crippen molar-refractivity contribution in [1.82, 2.24) is 0 Å². The van der Waals surface area contributed by atoms with E-state index in [4.69, 9.17) is 4.74 Å². The number of halogens is 3. The van der Waals surface area contributed by atoms with Gasteiger partial charge in [-0.05, 0) is 78.7 Å². The molecule has 0 unspecified atom stereocenters. The van der Waals surface area contributed by atoms with Crippen molar-refractivity contribution in [1.29, 1.82) is 0 Å². The molecule has 0 aromatic heterocycles. The van der Waals surface area contributed by atoms with E-state index in [0.29, 0.717) is 35.1 Å². The molecule has 0 spiro atoms. The highest BCUT2D eigenvalue weighted by Gasteiger charge is 2.27. The minimum atomic E-state index is -0.771. The summed E-state index contributed by atoms with van der Waals surface area (Å²) in [6.07, 6.45) is 9.14. The largest absolute Gasteiger partial charge is 0.494 e. The molecular formula is C26H29F3O. The molecule has 4 heteroatoms. The van der Waals surface area contributed by atoms with E-state index >= 15 is 8.78 Å². The summed E-state index contributed by atoms with van der Waals surface area (Å²) >= 11 is 0. The Morgan fingerprint density at radius 2 is 1.67 bits per heavy atom. The van der Waals surface area contributed by atoms with Gasteiger partial charge in [-0.15, -0.1) is 0 Å². The number of fused-ring (bicyclic) bond motifs is 1. The van der Waals surface area contributed by atoms with Crippen LogP contribution in [-0.2, 0) is 6.42 Å². The lowest BCUT2D eigenvalue weighted by Gasteiger charge is -2.29. The van der Waals surface area contributed by atoms with Gasteiger partial charge < -0.3 is 4.74 Å². The molecule has 30 heavy (non-hydrogen) atoms. The highest BCUT2D eigenvalue weighted by atomic mass is 19.2. The van der Waals surface area contributed by atoms with E-state index in [0.717, 1.165) is 31.6 Å². The van der Waals surface area contributed by atoms with E-state index in [9.17, 15) is 4.39 Å². The molecule has 2 aromatic carbocycles. The lowest BCUT2D eigenvalue weighted by molar-refractivity contribution is 0.303. The third-order valence-electron chi connectivity index (χ3n) is 6.88. The standard InChI is InChI=1S/C26H29F3O/c1-3-4-16-5-7-17(8-6-16)20-12-13-22(26(29)25(20)28)18-9-11-21-19(15-18)10-14-23(30-2)24(21)27/h10,12-17H,3-9,11H2,1-2H3. The number of rotatable bonds is 5. The van der Waals surface area contributed by atoms with Crippen LogP contribution >= 0.6 is 0 Å². The molecule has 1 nitrogen and oxygen atoms in total. The number of hydrogen-bond acceptors (Lipinski definition) is 1. The predicted molar refractivity (Wildman–Crippen MR) is 115 cm³/mol. The molecule has 1 saturated carbocycles. The highest BCUT2D eigenvalue weighted by molar-refractivity contribution is 5.85. The zero-order valence-electron chi connectivity index (χ0n) is 17.7. The van der Waals surface area contributed by atoms with Crippen molar-refractivity contribution in [2.75, 3.05) is 7.11 Å². The zero-order chi connectivity index (χ0) is 21.3. The summed E-state index contributed by atoms with van der Waals surface area (Å²) in [4.78, 5) is 0. The van der Waals surface area contributed by atoms with Gasteiger partial charge in [0.1, 0.15) is 0 Å². The molecule has 2 aliphatic rings. The van der Waals surface area contributed by atoms with Gasteiger partial charge in [0, 0.05) is 5.56 Å². The van der Waals surface area contributed by atoms with Crippen LogP contribution in [0.25, 0.3) is 11.6 Å². The topological polar surface area (TPSA) is 9.23 Å². The van der Waals surface area contributed by atoms with E-state index in [2.05, 4.69) is 6.92 Å². The number of benzene rings is 2. The molecule has 0 bridgehead atoms. The van der Waals surface area contributed by atoms with E-state index in [1.165, 1.54) is 20.0 Å². The Bertz CT molecular complexity index is 955. The van der Waals surface area contributed by atoms with Gasteiger partial charge in [-0.25, -0.2) is 13.2 Å². The normalized spacial score (nSPS) is 21.2. The quantitative estimate of drug-likeness (QED) is 0.488. The average molecular weight is 415 g/mol. The third kappa shape index (κ3) is 3.89. The summed E-state index contributed by atoms with van der Waals surface area (Å²) in [6.45, 7) is 2.20. The highest BCUT2D eigenvalue weighted by Crippen LogP contribution is 2.41. The van der Waals surface area contributed by atoms with Crippen molar-refractivity contribution in [3.8, 4) is 5.75 Å². The molecule has 0 saturated heterocycles. The fraction of sp³-hybridized carbons (Fsp3) is 0.462. The predicted octanol–water partition coefficient (Wildman–Crippen LogP) is 7.67. The molecule has 0 heterocycles. The van der Waals surface area contributed by atoms with Gasteiger partial charge in [-0.2, -0.15) is 0 Å². The molecule has 0 radical (unpaired) electrons. The van der Waals surface area contributed by atoms with E-state index in [1.807, 2.05) is 0 Å². The molecule has 160 valence electrons. The summed E-state index contributed by atoms with van der Waals surface area (Å²) in [5.41, 5.74) is 2.78. The minimum absolute atomic E-state index is 0.101. The van der Waals surface area contributed by atoms with Crippen LogP contribution in [0.5, 0.6) is 5.75 Å². The van der Waals surface area contributed by atoms with Gasteiger partial charge in [0.15, 0.2) is 23.2 Å². The Hall–Kier alpha value is -2.23. The van der Waals surface area contributed by atoms with Gasteiger partial charge in [0.05, 0.1) is 7.11 Å². The van der Waals surface area contributed by atoms with Crippen molar-refractivity contribution >= 4 is 11.6 Å². The lowest BCUT2D eigenvalue weighted by atomic mass is 9.76. The van der Waals surface area contributed by atoms with Crippen LogP contribution < -0.4 is 4.74 Å². The maximum Gasteiger partial charge on any atom is 0.168 e. The maximum atomic E-state index is 15.1. The van der Waals surface area contributed by atoms with Crippen LogP contribution in [0.3, 0.4) is 0 Å². The third-order valence-corrected chi connectivity index (χ3v) is 6.88. The Morgan fingerprint density at radius 3 is 2.37 bits per heavy atom. The first kappa shape index (κ1) is 21.0. The summed E-state index contributed by atoms with van der Waals surface area (Å²) in [5, 5.41) is 0. The van der Waals surface area contributed by atoms with E-state index in [-0.39, 0.29) is 23.0 Å². The van der Waals surface area contributed by atoms with Crippen LogP contribution in [-0.4, -0.2) is 7.11 Å². The van der Waals surface area contributed by atoms with Gasteiger partial charge >= 0.3 is 0 Å². The minimum Gasteiger partial charge on any atom is -0.494 e. The van der Waals surface area contributed by atoms with Crippen molar-refractivity contribution in [3.05, 3.63) is 64.0 Å². The first-order valence-corrected chi connectivity index (χ1v) is 11.1. The van der Waals surface area contributed by atoms with Crippen LogP contribution in [0.15, 0.2) is 24.3 Å². The van der Waals surface area contributed by atoms with Gasteiger partial charge in [0.2, 0.25) is 0 Å². The lowest BCUT2D eigenvalue weighted by Crippen LogP contribution is -2.15. The first-order valence-electron chi connectivity index (χ1n) is 11.1. The van der Waals surface area contributed by atoms with Crippen LogP contribution in [0.2, 0.25) is 0 Å². The molecule has 1 fully saturated rings. The van der Waals surface area contributed by atoms with Crippen molar-refractivity contribution < 1.29 is 17.9 Å². The molecule has 4 rings (SSSR count). The number of allylic oxidation sites excluding steroid dienone is 1. The first-order chi connectivity index (χ1) is 14.5. The molecule has 0 N–H and O–H groups in total. The summed E-state index contributed by atoms with van der Waals surface area (Å²) in [7, 11) is 1.44. The molecule has 0 amide bonds. The SMILES string of the molecule is CCCC1CCC(c2ccc(C3=Cc4ccc(OC)c(F)c4CC3)c(F)c2F)CC1. The van der Waals surface area contributed by atoms with Crippen molar-refractivity contribution in [3.63, 3.8) is 0 Å². The summed E-state index contributed by atoms with van der Waals surface area (Å²) < 4.78 is 49.6. The molecular weight excluding hydrogens is 385 g/mol. The molecule has 0 aliphatic heterocycles. The van der Waals surface area contributed by atoms with Gasteiger partial charge in [-0.1, -0.05) is 44.0 Å². The van der Waals surface area contributed by atoms with Gasteiger partial charge in [0.25, 0.3) is 0 Å². The smallest absolute Gasteiger partial charge is 0.168 e. The average Bonchev–Trinajstić information content (AvgIpc) is 2.77. The fourth-order valence-corrected chi connectivity index (χ4v) is 5.19. The summed E-state index contributed by atoms with van der Waals surface area (Å²) in [6, 6.07) is 6.82. The van der Waals surface area contributed by atoms with Crippen molar-refractivity contribution in [2.24, 2.45) is 5.92 Å². The second-order valence-corrected chi connectivity index (χ2v) is 8.66. The van der Waals surface area contributed by atoms with Gasteiger partial charge in [-0.3, -0.25) is 0 Å². The summed E-state index contributed by atoms with van der Waals surface area (Å²) in [5.74, 6) is -0.813. The Kier molecular flexibility index (Phi) is 6.21. The second-order valence-electron chi connectivity index (χ2n) is 8.66. The Balaban J connectivity index is 1.59. The van der Waals surface area contributed by atoms with Crippen LogP contribution in [0.4, 0.5) is 13.2 Å². The zero-order valence-corrected chi connectivity index (χ0v) is 17.7. The molecule has 2 aliphatic carbocycles. The number of methoxy groups -OCH3 is 1. The number of hydrogen-bond donors (Lipinski definition) is 0. The Labute approximate surface area is 177 Å². The monoisotopic (exact) mass is 414 g/mol. The maximum absolute atomic E-state index is 15.1. The number of ether oxygens (including phenoxy) is 1. The van der Waals surface area contributed by atoms with E-state index < -0.39 is 11.6 Å². The van der Waals surface area contributed by atoms with E-state index in [1.54, 1.807) is 30.3 Å². The second kappa shape index (κ2) is 8.87. The fourth-order valence-electron chi connectivity index (χ4n) is 5.19. The molecule has 0 atom stereocenters. The molecule has 2 aromatic rings. The van der Waals surface area contributed by atoms with Crippen molar-refractivity contribution in [2.45, 2.75) is 64.2 Å². The van der Waals surface area contributed by atoms with Crippen LogP contribution in [0.1, 0.15) is 80.0 Å². The Morgan fingerprint density at radius 1 is 0.900 bits per heavy atom. The van der Waals surface area contributed by atoms with Crippen LogP contribution in [0, 0.1) is 23.4 Å².